The van der Waals surface area contributed by atoms with Gasteiger partial charge in [0.05, 0.1) is 5.41 Å². The van der Waals surface area contributed by atoms with Crippen molar-refractivity contribution < 1.29 is 4.74 Å². The van der Waals surface area contributed by atoms with Gasteiger partial charge in [-0.15, -0.1) is 17.0 Å². The molecule has 0 atom stereocenters. The molecule has 0 bridgehead atoms. The third kappa shape index (κ3) is 2.89. The standard InChI is InChI=1S/C20H22N2O.BrH/c21-19-20(10-12-23-13-11-20)18-9-5-4-8-17(18)15-22(19)14-16-6-2-1-3-7-16;/h1-9,21H,10-15H2;1H. The van der Waals surface area contributed by atoms with Gasteiger partial charge < -0.3 is 9.64 Å². The number of fused-ring (bicyclic) bond motifs is 2. The first-order valence-electron chi connectivity index (χ1n) is 8.34. The highest BCUT2D eigenvalue weighted by Crippen LogP contribution is 2.42. The number of amidine groups is 1. The molecule has 0 amide bonds. The minimum Gasteiger partial charge on any atom is -0.381 e. The molecule has 2 aromatic rings. The summed E-state index contributed by atoms with van der Waals surface area (Å²) in [5.41, 5.74) is 3.81. The Hall–Kier alpha value is -1.65. The molecule has 3 nitrogen and oxygen atoms in total. The fourth-order valence-corrected chi connectivity index (χ4v) is 4.00. The second-order valence-electron chi connectivity index (χ2n) is 6.54. The quantitative estimate of drug-likeness (QED) is 0.834. The molecule has 126 valence electrons. The predicted molar refractivity (Wildman–Crippen MR) is 102 cm³/mol. The van der Waals surface area contributed by atoms with Gasteiger partial charge in [0.2, 0.25) is 0 Å². The molecular weight excluding hydrogens is 364 g/mol. The van der Waals surface area contributed by atoms with E-state index in [1.54, 1.807) is 0 Å². The smallest absolute Gasteiger partial charge is 0.107 e. The molecule has 24 heavy (non-hydrogen) atoms. The molecule has 0 aromatic heterocycles. The van der Waals surface area contributed by atoms with Crippen molar-refractivity contribution in [1.82, 2.24) is 4.90 Å². The van der Waals surface area contributed by atoms with Gasteiger partial charge in [-0.2, -0.15) is 0 Å². The molecule has 1 fully saturated rings. The highest BCUT2D eigenvalue weighted by molar-refractivity contribution is 8.93. The summed E-state index contributed by atoms with van der Waals surface area (Å²) >= 11 is 0. The van der Waals surface area contributed by atoms with Crippen LogP contribution < -0.4 is 0 Å². The zero-order chi connectivity index (χ0) is 15.7. The Morgan fingerprint density at radius 3 is 2.38 bits per heavy atom. The SMILES string of the molecule is Br.N=C1N(Cc2ccccc2)Cc2ccccc2C12CCOCC2. The van der Waals surface area contributed by atoms with Gasteiger partial charge >= 0.3 is 0 Å². The van der Waals surface area contributed by atoms with E-state index in [9.17, 15) is 0 Å². The highest BCUT2D eigenvalue weighted by atomic mass is 79.9. The summed E-state index contributed by atoms with van der Waals surface area (Å²) in [5.74, 6) is 0.767. The fraction of sp³-hybridized carbons (Fsp3) is 0.350. The summed E-state index contributed by atoms with van der Waals surface area (Å²) in [6.07, 6.45) is 1.82. The number of hydrogen-bond donors (Lipinski definition) is 1. The van der Waals surface area contributed by atoms with Gasteiger partial charge in [-0.05, 0) is 29.5 Å². The van der Waals surface area contributed by atoms with Crippen LogP contribution in [0.1, 0.15) is 29.5 Å². The summed E-state index contributed by atoms with van der Waals surface area (Å²) in [5, 5.41) is 8.94. The molecule has 0 aliphatic carbocycles. The molecule has 2 aliphatic rings. The Labute approximate surface area is 153 Å². The van der Waals surface area contributed by atoms with Crippen LogP contribution in [-0.4, -0.2) is 23.9 Å². The molecule has 4 rings (SSSR count). The number of benzene rings is 2. The normalized spacial score (nSPS) is 18.8. The molecule has 0 radical (unpaired) electrons. The summed E-state index contributed by atoms with van der Waals surface area (Å²) in [7, 11) is 0. The molecule has 2 aromatic carbocycles. The lowest BCUT2D eigenvalue weighted by Gasteiger charge is -2.47. The average Bonchev–Trinajstić information content (AvgIpc) is 2.61. The summed E-state index contributed by atoms with van der Waals surface area (Å²) < 4.78 is 5.60. The first-order valence-corrected chi connectivity index (χ1v) is 8.34. The van der Waals surface area contributed by atoms with Crippen molar-refractivity contribution in [3.05, 3.63) is 71.3 Å². The van der Waals surface area contributed by atoms with E-state index in [2.05, 4.69) is 53.4 Å². The Morgan fingerprint density at radius 2 is 1.62 bits per heavy atom. The maximum atomic E-state index is 8.94. The van der Waals surface area contributed by atoms with E-state index in [4.69, 9.17) is 10.1 Å². The third-order valence-electron chi connectivity index (χ3n) is 5.23. The van der Waals surface area contributed by atoms with E-state index < -0.39 is 0 Å². The maximum absolute atomic E-state index is 8.94. The van der Waals surface area contributed by atoms with Crippen LogP contribution in [0.5, 0.6) is 0 Å². The number of rotatable bonds is 2. The monoisotopic (exact) mass is 386 g/mol. The van der Waals surface area contributed by atoms with Gasteiger partial charge in [0.1, 0.15) is 5.84 Å². The lowest BCUT2D eigenvalue weighted by molar-refractivity contribution is 0.0637. The van der Waals surface area contributed by atoms with Gasteiger partial charge in [-0.25, -0.2) is 0 Å². The second kappa shape index (κ2) is 7.08. The Bertz CT molecular complexity index is 711. The molecule has 0 saturated carbocycles. The van der Waals surface area contributed by atoms with E-state index in [1.165, 1.54) is 16.7 Å². The van der Waals surface area contributed by atoms with Crippen LogP contribution in [-0.2, 0) is 23.2 Å². The lowest BCUT2D eigenvalue weighted by atomic mass is 9.69. The summed E-state index contributed by atoms with van der Waals surface area (Å²) in [4.78, 5) is 2.24. The first-order chi connectivity index (χ1) is 11.3. The topological polar surface area (TPSA) is 36.3 Å². The molecule has 2 heterocycles. The number of nitrogens with one attached hydrogen (secondary N) is 1. The van der Waals surface area contributed by atoms with Crippen LogP contribution >= 0.6 is 17.0 Å². The van der Waals surface area contributed by atoms with Crippen LogP contribution in [0.3, 0.4) is 0 Å². The van der Waals surface area contributed by atoms with Crippen molar-refractivity contribution in [2.24, 2.45) is 0 Å². The van der Waals surface area contributed by atoms with Crippen LogP contribution in [0.25, 0.3) is 0 Å². The summed E-state index contributed by atoms with van der Waals surface area (Å²) in [6, 6.07) is 19.1. The Balaban J connectivity index is 0.00000169. The molecule has 0 unspecified atom stereocenters. The van der Waals surface area contributed by atoms with Crippen LogP contribution in [0, 0.1) is 5.41 Å². The first kappa shape index (κ1) is 17.2. The largest absolute Gasteiger partial charge is 0.381 e. The van der Waals surface area contributed by atoms with Crippen molar-refractivity contribution in [1.29, 1.82) is 5.41 Å². The van der Waals surface area contributed by atoms with Gasteiger partial charge in [0.25, 0.3) is 0 Å². The predicted octanol–water partition coefficient (Wildman–Crippen LogP) is 4.31. The van der Waals surface area contributed by atoms with Gasteiger partial charge in [-0.3, -0.25) is 5.41 Å². The van der Waals surface area contributed by atoms with Crippen molar-refractivity contribution >= 4 is 22.8 Å². The summed E-state index contributed by atoms with van der Waals surface area (Å²) in [6.45, 7) is 3.12. The Morgan fingerprint density at radius 1 is 0.958 bits per heavy atom. The van der Waals surface area contributed by atoms with Crippen molar-refractivity contribution in [3.8, 4) is 0 Å². The van der Waals surface area contributed by atoms with Crippen LogP contribution in [0.15, 0.2) is 54.6 Å². The minimum absolute atomic E-state index is 0. The Kier molecular flexibility index (Phi) is 5.07. The minimum atomic E-state index is -0.165. The second-order valence-corrected chi connectivity index (χ2v) is 6.54. The van der Waals surface area contributed by atoms with Crippen molar-refractivity contribution in [2.45, 2.75) is 31.3 Å². The van der Waals surface area contributed by atoms with Crippen LogP contribution in [0.2, 0.25) is 0 Å². The van der Waals surface area contributed by atoms with Crippen molar-refractivity contribution in [2.75, 3.05) is 13.2 Å². The van der Waals surface area contributed by atoms with Crippen molar-refractivity contribution in [3.63, 3.8) is 0 Å². The van der Waals surface area contributed by atoms with E-state index in [-0.39, 0.29) is 22.4 Å². The zero-order valence-electron chi connectivity index (χ0n) is 13.7. The molecule has 1 N–H and O–H groups in total. The highest BCUT2D eigenvalue weighted by Gasteiger charge is 2.45. The third-order valence-corrected chi connectivity index (χ3v) is 5.23. The van der Waals surface area contributed by atoms with E-state index >= 15 is 0 Å². The zero-order valence-corrected chi connectivity index (χ0v) is 15.4. The number of nitrogens with zero attached hydrogens (tertiary/aromatic N) is 1. The number of hydrogen-bond acceptors (Lipinski definition) is 2. The van der Waals surface area contributed by atoms with Gasteiger partial charge in [0, 0.05) is 26.3 Å². The molecule has 2 aliphatic heterocycles. The fourth-order valence-electron chi connectivity index (χ4n) is 4.00. The molecule has 1 spiro atoms. The average molecular weight is 387 g/mol. The maximum Gasteiger partial charge on any atom is 0.107 e. The number of ether oxygens (including phenoxy) is 1. The molecule has 1 saturated heterocycles. The van der Waals surface area contributed by atoms with E-state index in [0.717, 1.165) is 45.0 Å². The van der Waals surface area contributed by atoms with E-state index in [1.807, 2.05) is 6.07 Å². The van der Waals surface area contributed by atoms with E-state index in [0.29, 0.717) is 0 Å². The van der Waals surface area contributed by atoms with Crippen LogP contribution in [0.4, 0.5) is 0 Å². The molecule has 4 heteroatoms. The van der Waals surface area contributed by atoms with Gasteiger partial charge in [0.15, 0.2) is 0 Å². The van der Waals surface area contributed by atoms with Gasteiger partial charge in [-0.1, -0.05) is 54.6 Å². The number of halogens is 1. The lowest BCUT2D eigenvalue weighted by Crippen LogP contribution is -2.52. The molecular formula is C20H23BrN2O.